The number of nitrogens with one attached hydrogen (secondary N) is 3. The Morgan fingerprint density at radius 3 is 2.51 bits per heavy atom. The molecule has 1 fully saturated rings. The fraction of sp³-hybridized carbons (Fsp3) is 0.286. The van der Waals surface area contributed by atoms with Crippen LogP contribution in [-0.4, -0.2) is 60.2 Å². The lowest BCUT2D eigenvalue weighted by molar-refractivity contribution is -0.147. The van der Waals surface area contributed by atoms with Gasteiger partial charge in [-0.1, -0.05) is 78.9 Å². The monoisotopic (exact) mass is 573 g/mol. The van der Waals surface area contributed by atoms with E-state index in [0.29, 0.717) is 38.0 Å². The van der Waals surface area contributed by atoms with Crippen molar-refractivity contribution in [2.45, 2.75) is 31.3 Å². The lowest BCUT2D eigenvalue weighted by Crippen LogP contribution is -2.59. The van der Waals surface area contributed by atoms with Gasteiger partial charge in [0, 0.05) is 24.4 Å². The van der Waals surface area contributed by atoms with Crippen molar-refractivity contribution in [3.05, 3.63) is 125 Å². The Labute approximate surface area is 251 Å². The van der Waals surface area contributed by atoms with Gasteiger partial charge in [-0.15, -0.1) is 0 Å². The largest absolute Gasteiger partial charge is 0.368 e. The van der Waals surface area contributed by atoms with Crippen LogP contribution in [0.2, 0.25) is 0 Å². The van der Waals surface area contributed by atoms with Gasteiger partial charge in [-0.05, 0) is 60.7 Å². The summed E-state index contributed by atoms with van der Waals surface area (Å²) in [4.78, 5) is 44.5. The smallest absolute Gasteiger partial charge is 0.244 e. The van der Waals surface area contributed by atoms with Gasteiger partial charge in [0.2, 0.25) is 17.7 Å². The standard InChI is InChI=1S/C35H35N5O3/c1-39-21-30(24-11-6-3-7-12-24)40(33(42)29(39)17-23-9-4-2-5-10-23)22-31(41)37-27-15-14-25-19-35(20-26(25)18-27)28-13-8-16-36-32(28)38-34(35)43/h2-15,18,29-30,36H,16-17,19-22H2,1H3,(H,37,41)(H,38,43). The molecule has 8 nitrogen and oxygen atoms in total. The fourth-order valence-corrected chi connectivity index (χ4v) is 7.10. The van der Waals surface area contributed by atoms with E-state index in [2.05, 4.69) is 26.9 Å². The highest BCUT2D eigenvalue weighted by atomic mass is 16.2. The summed E-state index contributed by atoms with van der Waals surface area (Å²) >= 11 is 0. The molecule has 0 aromatic heterocycles. The number of benzene rings is 3. The van der Waals surface area contributed by atoms with Gasteiger partial charge in [-0.25, -0.2) is 0 Å². The molecule has 3 aromatic rings. The maximum absolute atomic E-state index is 14.0. The minimum Gasteiger partial charge on any atom is -0.368 e. The maximum atomic E-state index is 14.0. The number of nitrogens with zero attached hydrogens (tertiary/aromatic N) is 2. The van der Waals surface area contributed by atoms with E-state index in [-0.39, 0.29) is 36.3 Å². The van der Waals surface area contributed by atoms with E-state index in [1.54, 1.807) is 4.90 Å². The number of rotatable bonds is 6. The molecule has 7 rings (SSSR count). The molecule has 218 valence electrons. The van der Waals surface area contributed by atoms with Crippen LogP contribution in [0.15, 0.2) is 102 Å². The highest BCUT2D eigenvalue weighted by Gasteiger charge is 2.51. The number of carbonyl (C=O) groups is 3. The molecule has 0 saturated carbocycles. The maximum Gasteiger partial charge on any atom is 0.244 e. The normalized spacial score (nSPS) is 24.5. The molecular formula is C35H35N5O3. The zero-order valence-corrected chi connectivity index (χ0v) is 24.2. The molecule has 0 bridgehead atoms. The third-order valence-corrected chi connectivity index (χ3v) is 9.32. The van der Waals surface area contributed by atoms with E-state index in [9.17, 15) is 14.4 Å². The second-order valence-electron chi connectivity index (χ2n) is 12.0. The number of amides is 3. The molecule has 43 heavy (non-hydrogen) atoms. The number of dihydropyridines is 1. The van der Waals surface area contributed by atoms with E-state index in [0.717, 1.165) is 33.6 Å². The van der Waals surface area contributed by atoms with E-state index in [1.807, 2.05) is 92.0 Å². The Hall–Kier alpha value is -4.69. The molecule has 3 aliphatic heterocycles. The molecule has 3 heterocycles. The number of carbonyl (C=O) groups excluding carboxylic acids is 3. The number of piperazine rings is 1. The number of hydrogen-bond acceptors (Lipinski definition) is 5. The quantitative estimate of drug-likeness (QED) is 0.421. The Kier molecular flexibility index (Phi) is 6.86. The lowest BCUT2D eigenvalue weighted by Gasteiger charge is -2.44. The number of allylic oxidation sites excluding steroid dienone is 1. The van der Waals surface area contributed by atoms with Crippen molar-refractivity contribution in [3.63, 3.8) is 0 Å². The van der Waals surface area contributed by atoms with Crippen molar-refractivity contribution >= 4 is 23.4 Å². The third-order valence-electron chi connectivity index (χ3n) is 9.32. The van der Waals surface area contributed by atoms with Crippen LogP contribution < -0.4 is 16.0 Å². The summed E-state index contributed by atoms with van der Waals surface area (Å²) in [6.45, 7) is 1.28. The molecule has 1 spiro atoms. The molecular weight excluding hydrogens is 538 g/mol. The molecule has 1 saturated heterocycles. The van der Waals surface area contributed by atoms with E-state index in [1.165, 1.54) is 0 Å². The summed E-state index contributed by atoms with van der Waals surface area (Å²) in [5, 5.41) is 9.35. The average Bonchev–Trinajstić information content (AvgIpc) is 3.54. The Morgan fingerprint density at radius 2 is 1.72 bits per heavy atom. The molecule has 4 aliphatic rings. The number of hydrogen-bond donors (Lipinski definition) is 3. The Bertz CT molecular complexity index is 1650. The molecule has 3 atom stereocenters. The third kappa shape index (κ3) is 4.91. The van der Waals surface area contributed by atoms with Crippen molar-refractivity contribution in [1.82, 2.24) is 20.4 Å². The van der Waals surface area contributed by atoms with E-state index >= 15 is 0 Å². The van der Waals surface area contributed by atoms with Crippen LogP contribution in [-0.2, 0) is 33.6 Å². The van der Waals surface area contributed by atoms with Crippen LogP contribution in [0.4, 0.5) is 5.69 Å². The Balaban J connectivity index is 1.10. The van der Waals surface area contributed by atoms with Crippen LogP contribution >= 0.6 is 0 Å². The number of fused-ring (bicyclic) bond motifs is 2. The minimum atomic E-state index is -0.618. The zero-order valence-electron chi connectivity index (χ0n) is 24.2. The van der Waals surface area contributed by atoms with Crippen LogP contribution in [0.25, 0.3) is 0 Å². The predicted octanol–water partition coefficient (Wildman–Crippen LogP) is 3.34. The molecule has 3 N–H and O–H groups in total. The van der Waals surface area contributed by atoms with Crippen molar-refractivity contribution in [2.24, 2.45) is 5.41 Å². The summed E-state index contributed by atoms with van der Waals surface area (Å²) in [6.07, 6.45) is 5.89. The van der Waals surface area contributed by atoms with Crippen LogP contribution in [0, 0.1) is 5.41 Å². The van der Waals surface area contributed by atoms with Gasteiger partial charge in [0.05, 0.1) is 17.5 Å². The van der Waals surface area contributed by atoms with Gasteiger partial charge in [0.1, 0.15) is 12.4 Å². The fourth-order valence-electron chi connectivity index (χ4n) is 7.10. The number of anilines is 1. The first kappa shape index (κ1) is 27.2. The molecule has 3 unspecified atom stereocenters. The minimum absolute atomic E-state index is 0.0175. The van der Waals surface area contributed by atoms with Crippen LogP contribution in [0.3, 0.4) is 0 Å². The molecule has 3 aromatic carbocycles. The van der Waals surface area contributed by atoms with Crippen molar-refractivity contribution in [1.29, 1.82) is 0 Å². The number of likely N-dealkylation sites (N-methyl/N-ethyl adjacent to an activating group) is 1. The lowest BCUT2D eigenvalue weighted by atomic mass is 9.78. The second kappa shape index (κ2) is 10.9. The summed E-state index contributed by atoms with van der Waals surface area (Å²) in [5.41, 5.74) is 5.33. The first-order chi connectivity index (χ1) is 20.9. The Morgan fingerprint density at radius 1 is 0.977 bits per heavy atom. The first-order valence-corrected chi connectivity index (χ1v) is 14.9. The molecule has 8 heteroatoms. The van der Waals surface area contributed by atoms with E-state index < -0.39 is 5.41 Å². The summed E-state index contributed by atoms with van der Waals surface area (Å²) in [5.74, 6) is 0.532. The van der Waals surface area contributed by atoms with Crippen molar-refractivity contribution in [3.8, 4) is 0 Å². The van der Waals surface area contributed by atoms with Crippen molar-refractivity contribution in [2.75, 3.05) is 32.0 Å². The highest BCUT2D eigenvalue weighted by Crippen LogP contribution is 2.48. The first-order valence-electron chi connectivity index (χ1n) is 14.9. The molecule has 1 aliphatic carbocycles. The van der Waals surface area contributed by atoms with Crippen molar-refractivity contribution < 1.29 is 14.4 Å². The summed E-state index contributed by atoms with van der Waals surface area (Å²) < 4.78 is 0. The van der Waals surface area contributed by atoms with Gasteiger partial charge < -0.3 is 20.9 Å². The average molecular weight is 574 g/mol. The van der Waals surface area contributed by atoms with E-state index in [4.69, 9.17) is 0 Å². The van der Waals surface area contributed by atoms with Gasteiger partial charge in [0.15, 0.2) is 0 Å². The molecule has 0 radical (unpaired) electrons. The van der Waals surface area contributed by atoms with Gasteiger partial charge in [-0.3, -0.25) is 19.3 Å². The van der Waals surface area contributed by atoms with Gasteiger partial charge in [0.25, 0.3) is 0 Å². The summed E-state index contributed by atoms with van der Waals surface area (Å²) in [6, 6.07) is 25.2. The van der Waals surface area contributed by atoms with Gasteiger partial charge in [-0.2, -0.15) is 0 Å². The second-order valence-corrected chi connectivity index (χ2v) is 12.0. The topological polar surface area (TPSA) is 93.8 Å². The SMILES string of the molecule is CN1CC(c2ccccc2)N(CC(=O)Nc2ccc3c(c2)CC2(C3)C(=O)NC3=C2C=CCN3)C(=O)C1Cc1ccccc1. The van der Waals surface area contributed by atoms with Crippen LogP contribution in [0.1, 0.15) is 28.3 Å². The summed E-state index contributed by atoms with van der Waals surface area (Å²) in [7, 11) is 1.99. The predicted molar refractivity (Wildman–Crippen MR) is 165 cm³/mol. The zero-order chi connectivity index (χ0) is 29.6. The molecule has 3 amide bonds. The highest BCUT2D eigenvalue weighted by molar-refractivity contribution is 5.96. The van der Waals surface area contributed by atoms with Gasteiger partial charge >= 0.3 is 0 Å². The van der Waals surface area contributed by atoms with Crippen LogP contribution in [0.5, 0.6) is 0 Å².